The minimum Gasteiger partial charge on any atom is -0.493 e. The van der Waals surface area contributed by atoms with E-state index in [0.29, 0.717) is 41.6 Å². The summed E-state index contributed by atoms with van der Waals surface area (Å²) >= 11 is 0. The number of rotatable bonds is 11. The van der Waals surface area contributed by atoms with Gasteiger partial charge in [-0.1, -0.05) is 37.3 Å². The molecule has 0 spiro atoms. The highest BCUT2D eigenvalue weighted by atomic mass is 32.3. The molecule has 4 rings (SSSR count). The molecule has 1 atom stereocenters. The van der Waals surface area contributed by atoms with Crippen LogP contribution in [-0.2, 0) is 22.4 Å². The SMILES string of the molecule is CC1=CCOc2cc(OS(=O)(=O)O)ccc21.CCC(Cc1c(C(=O)O)cc(OC)c(OC)c1OC)(c1ccccc1)N(C)C. The number of likely N-dealkylation sites (N-methyl/N-ethyl adjacent to an activating group) is 1. The van der Waals surface area contributed by atoms with Crippen LogP contribution in [0.3, 0.4) is 0 Å². The third-order valence-electron chi connectivity index (χ3n) is 7.59. The Kier molecular flexibility index (Phi) is 11.3. The lowest BCUT2D eigenvalue weighted by Gasteiger charge is -2.41. The molecule has 12 heteroatoms. The van der Waals surface area contributed by atoms with Gasteiger partial charge in [-0.15, -0.1) is 0 Å². The minimum absolute atomic E-state index is 0.0240. The zero-order chi connectivity index (χ0) is 32.7. The van der Waals surface area contributed by atoms with E-state index in [1.807, 2.05) is 45.3 Å². The highest BCUT2D eigenvalue weighted by Crippen LogP contribution is 2.46. The predicted molar refractivity (Wildman–Crippen MR) is 167 cm³/mol. The maximum absolute atomic E-state index is 12.1. The fraction of sp³-hybridized carbons (Fsp3) is 0.344. The summed E-state index contributed by atoms with van der Waals surface area (Å²) in [5.41, 5.74) is 3.35. The Morgan fingerprint density at radius 2 is 1.66 bits per heavy atom. The Labute approximate surface area is 258 Å². The van der Waals surface area contributed by atoms with Gasteiger partial charge in [0.2, 0.25) is 5.75 Å². The number of carbonyl (C=O) groups is 1. The number of fused-ring (bicyclic) bond motifs is 1. The van der Waals surface area contributed by atoms with E-state index in [9.17, 15) is 18.3 Å². The molecule has 0 radical (unpaired) electrons. The van der Waals surface area contributed by atoms with Crippen LogP contribution in [0.1, 0.15) is 47.3 Å². The van der Waals surface area contributed by atoms with E-state index in [2.05, 4.69) is 28.1 Å². The lowest BCUT2D eigenvalue weighted by molar-refractivity contribution is 0.0691. The second-order valence-corrected chi connectivity index (χ2v) is 11.2. The van der Waals surface area contributed by atoms with Crippen LogP contribution in [0.4, 0.5) is 0 Å². The molecule has 3 aromatic rings. The monoisotopic (exact) mass is 629 g/mol. The van der Waals surface area contributed by atoms with Crippen LogP contribution < -0.4 is 23.1 Å². The average Bonchev–Trinajstić information content (AvgIpc) is 2.98. The molecule has 1 unspecified atom stereocenters. The normalized spacial score (nSPS) is 13.7. The summed E-state index contributed by atoms with van der Waals surface area (Å²) in [6, 6.07) is 16.2. The third-order valence-corrected chi connectivity index (χ3v) is 8.00. The number of carboxylic acid groups (broad SMARTS) is 1. The van der Waals surface area contributed by atoms with Crippen LogP contribution in [0.25, 0.3) is 5.57 Å². The molecule has 1 aliphatic rings. The predicted octanol–water partition coefficient (Wildman–Crippen LogP) is 5.48. The maximum Gasteiger partial charge on any atom is 0.446 e. The largest absolute Gasteiger partial charge is 0.493 e. The van der Waals surface area contributed by atoms with Crippen molar-refractivity contribution in [3.05, 3.63) is 82.9 Å². The number of ether oxygens (including phenoxy) is 4. The lowest BCUT2D eigenvalue weighted by atomic mass is 9.79. The van der Waals surface area contributed by atoms with E-state index >= 15 is 0 Å². The van der Waals surface area contributed by atoms with Crippen molar-refractivity contribution < 1.29 is 46.0 Å². The summed E-state index contributed by atoms with van der Waals surface area (Å²) in [5.74, 6) is 0.631. The number of hydrogen-bond donors (Lipinski definition) is 2. The van der Waals surface area contributed by atoms with Crippen LogP contribution in [0, 0.1) is 0 Å². The second-order valence-electron chi connectivity index (χ2n) is 10.2. The van der Waals surface area contributed by atoms with Crippen molar-refractivity contribution >= 4 is 21.9 Å². The summed E-state index contributed by atoms with van der Waals surface area (Å²) in [7, 11) is 4.02. The first kappa shape index (κ1) is 34.2. The molecule has 0 amide bonds. The zero-order valence-corrected chi connectivity index (χ0v) is 26.7. The van der Waals surface area contributed by atoms with Gasteiger partial charge in [0.25, 0.3) is 0 Å². The molecule has 1 aliphatic heterocycles. The molecule has 0 saturated carbocycles. The molecule has 3 aromatic carbocycles. The molecule has 1 heterocycles. The van der Waals surface area contributed by atoms with Gasteiger partial charge in [0, 0.05) is 22.7 Å². The van der Waals surface area contributed by atoms with Crippen LogP contribution >= 0.6 is 0 Å². The van der Waals surface area contributed by atoms with Crippen LogP contribution in [-0.4, -0.2) is 71.0 Å². The number of benzene rings is 3. The first-order valence-corrected chi connectivity index (χ1v) is 15.1. The van der Waals surface area contributed by atoms with E-state index in [0.717, 1.165) is 23.1 Å². The topological polar surface area (TPSA) is 141 Å². The van der Waals surface area contributed by atoms with Gasteiger partial charge < -0.3 is 28.2 Å². The number of carboxylic acids is 1. The molecule has 44 heavy (non-hydrogen) atoms. The van der Waals surface area contributed by atoms with Crippen molar-refractivity contribution in [2.75, 3.05) is 42.0 Å². The zero-order valence-electron chi connectivity index (χ0n) is 25.9. The highest BCUT2D eigenvalue weighted by Gasteiger charge is 2.37. The molecule has 0 bridgehead atoms. The molecule has 0 saturated heterocycles. The number of hydrogen-bond acceptors (Lipinski definition) is 9. The van der Waals surface area contributed by atoms with Gasteiger partial charge >= 0.3 is 16.4 Å². The smallest absolute Gasteiger partial charge is 0.446 e. The Morgan fingerprint density at radius 1 is 1.00 bits per heavy atom. The fourth-order valence-electron chi connectivity index (χ4n) is 5.27. The number of allylic oxidation sites excluding steroid dienone is 1. The van der Waals surface area contributed by atoms with Gasteiger partial charge in [-0.3, -0.25) is 9.45 Å². The van der Waals surface area contributed by atoms with Crippen molar-refractivity contribution in [1.82, 2.24) is 4.90 Å². The molecule has 238 valence electrons. The van der Waals surface area contributed by atoms with Gasteiger partial charge in [-0.25, -0.2) is 4.79 Å². The van der Waals surface area contributed by atoms with E-state index < -0.39 is 21.9 Å². The van der Waals surface area contributed by atoms with Gasteiger partial charge in [0.15, 0.2) is 11.5 Å². The molecule has 11 nitrogen and oxygen atoms in total. The van der Waals surface area contributed by atoms with E-state index in [4.69, 9.17) is 23.5 Å². The van der Waals surface area contributed by atoms with E-state index in [1.54, 1.807) is 6.07 Å². The molecular formula is C32H39NO10S. The molecular weight excluding hydrogens is 590 g/mol. The van der Waals surface area contributed by atoms with Crippen molar-refractivity contribution in [3.8, 4) is 28.7 Å². The Balaban J connectivity index is 0.000000278. The van der Waals surface area contributed by atoms with Crippen molar-refractivity contribution in [2.24, 2.45) is 0 Å². The molecule has 0 aromatic heterocycles. The van der Waals surface area contributed by atoms with Crippen molar-refractivity contribution in [1.29, 1.82) is 0 Å². The third kappa shape index (κ3) is 7.62. The molecule has 0 fully saturated rings. The first-order valence-electron chi connectivity index (χ1n) is 13.7. The molecule has 0 aliphatic carbocycles. The Morgan fingerprint density at radius 3 is 2.18 bits per heavy atom. The van der Waals surface area contributed by atoms with Gasteiger partial charge in [0.05, 0.1) is 26.9 Å². The summed E-state index contributed by atoms with van der Waals surface area (Å²) in [5, 5.41) is 9.88. The van der Waals surface area contributed by atoms with Crippen molar-refractivity contribution in [3.63, 3.8) is 0 Å². The number of nitrogens with zero attached hydrogens (tertiary/aromatic N) is 1. The van der Waals surface area contributed by atoms with Crippen molar-refractivity contribution in [2.45, 2.75) is 32.2 Å². The summed E-state index contributed by atoms with van der Waals surface area (Å²) in [4.78, 5) is 14.2. The summed E-state index contributed by atoms with van der Waals surface area (Å²) in [6.45, 7) is 4.47. The Bertz CT molecular complexity index is 1600. The first-order chi connectivity index (χ1) is 20.8. The summed E-state index contributed by atoms with van der Waals surface area (Å²) in [6.07, 6.45) is 3.14. The standard InChI is InChI=1S/C22H29NO5.C10H10O5S/c1-7-22(23(2)3,15-11-9-8-10-12-15)14-17-16(21(24)25)13-18(26-4)20(28-6)19(17)27-5;1-7-4-5-14-10-6-8(2-3-9(7)10)15-16(11,12)13/h8-13H,7,14H2,1-6H3,(H,24,25);2-4,6H,5H2,1H3,(H,11,12,13). The average molecular weight is 630 g/mol. The highest BCUT2D eigenvalue weighted by molar-refractivity contribution is 7.81. The second kappa shape index (κ2) is 14.5. The number of aromatic carboxylic acids is 1. The van der Waals surface area contributed by atoms with Gasteiger partial charge in [-0.05, 0) is 69.3 Å². The van der Waals surface area contributed by atoms with Crippen LogP contribution in [0.15, 0.2) is 60.7 Å². The fourth-order valence-corrected chi connectivity index (χ4v) is 5.62. The minimum atomic E-state index is -4.49. The van der Waals surface area contributed by atoms with E-state index in [-0.39, 0.29) is 11.3 Å². The van der Waals surface area contributed by atoms with Gasteiger partial charge in [0.1, 0.15) is 18.1 Å². The van der Waals surface area contributed by atoms with Crippen LogP contribution in [0.2, 0.25) is 0 Å². The maximum atomic E-state index is 12.1. The van der Waals surface area contributed by atoms with E-state index in [1.165, 1.54) is 39.5 Å². The lowest BCUT2D eigenvalue weighted by Crippen LogP contribution is -2.43. The van der Waals surface area contributed by atoms with Crippen LogP contribution in [0.5, 0.6) is 28.7 Å². The molecule has 2 N–H and O–H groups in total. The van der Waals surface area contributed by atoms with Gasteiger partial charge in [-0.2, -0.15) is 8.42 Å². The quantitative estimate of drug-likeness (QED) is 0.260. The summed E-state index contributed by atoms with van der Waals surface area (Å²) < 4.78 is 55.6. The number of methoxy groups -OCH3 is 3. The Hall–Kier alpha value is -4.26.